The van der Waals surface area contributed by atoms with Crippen LogP contribution in [0.25, 0.3) is 11.6 Å². The van der Waals surface area contributed by atoms with E-state index in [0.717, 1.165) is 0 Å². The molecule has 3 nitrogen and oxygen atoms in total. The minimum Gasteiger partial charge on any atom is -0.478 e. The van der Waals surface area contributed by atoms with Crippen LogP contribution in [-0.4, -0.2) is 11.1 Å². The second-order valence-corrected chi connectivity index (χ2v) is 4.49. The number of nitriles is 1. The van der Waals surface area contributed by atoms with Crippen molar-refractivity contribution in [3.8, 4) is 6.07 Å². The summed E-state index contributed by atoms with van der Waals surface area (Å²) in [7, 11) is 0. The minimum absolute atomic E-state index is 0.202. The number of hydrogen-bond acceptors (Lipinski definition) is 3. The van der Waals surface area contributed by atoms with Gasteiger partial charge in [0.2, 0.25) is 0 Å². The van der Waals surface area contributed by atoms with E-state index in [1.54, 1.807) is 36.4 Å². The summed E-state index contributed by atoms with van der Waals surface area (Å²) in [6.07, 6.45) is 1.53. The number of carboxylic acids is 1. The molecule has 0 aliphatic carbocycles. The van der Waals surface area contributed by atoms with Crippen LogP contribution in [0.15, 0.2) is 41.8 Å². The number of carbonyl (C=O) groups is 1. The Kier molecular flexibility index (Phi) is 3.56. The Bertz CT molecular complexity index is 636. The third-order valence-corrected chi connectivity index (χ3v) is 3.30. The minimum atomic E-state index is -0.995. The Labute approximate surface area is 108 Å². The van der Waals surface area contributed by atoms with E-state index < -0.39 is 5.97 Å². The normalized spacial score (nSPS) is 10.9. The van der Waals surface area contributed by atoms with E-state index in [1.807, 2.05) is 5.38 Å². The van der Waals surface area contributed by atoms with Crippen molar-refractivity contribution in [2.24, 2.45) is 0 Å². The van der Waals surface area contributed by atoms with Crippen molar-refractivity contribution in [2.75, 3.05) is 0 Å². The lowest BCUT2D eigenvalue weighted by Gasteiger charge is -2.01. The molecule has 88 valence electrons. The standard InChI is InChI=1S/C14H9NO2S/c15-9-11-5-2-1-4-10(11)8-12(14(16)17)13-6-3-7-18-13/h1-8H,(H,16,17)/b12-8+. The maximum atomic E-state index is 11.3. The van der Waals surface area contributed by atoms with Gasteiger partial charge in [-0.2, -0.15) is 5.26 Å². The number of carboxylic acid groups (broad SMARTS) is 1. The number of hydrogen-bond donors (Lipinski definition) is 1. The van der Waals surface area contributed by atoms with E-state index in [9.17, 15) is 9.90 Å². The highest BCUT2D eigenvalue weighted by atomic mass is 32.1. The van der Waals surface area contributed by atoms with Crippen molar-refractivity contribution in [3.63, 3.8) is 0 Å². The second-order valence-electron chi connectivity index (χ2n) is 3.54. The Balaban J connectivity index is 2.53. The van der Waals surface area contributed by atoms with E-state index in [2.05, 4.69) is 6.07 Å². The number of thiophene rings is 1. The van der Waals surface area contributed by atoms with Crippen LogP contribution in [0, 0.1) is 11.3 Å². The average molecular weight is 255 g/mol. The lowest BCUT2D eigenvalue weighted by Crippen LogP contribution is -1.98. The SMILES string of the molecule is N#Cc1ccccc1/C=C(/C(=O)O)c1cccs1. The number of rotatable bonds is 3. The fraction of sp³-hybridized carbons (Fsp3) is 0. The van der Waals surface area contributed by atoms with Gasteiger partial charge in [-0.3, -0.25) is 0 Å². The third-order valence-electron chi connectivity index (χ3n) is 2.40. The molecule has 0 aliphatic heterocycles. The molecule has 0 radical (unpaired) electrons. The monoisotopic (exact) mass is 255 g/mol. The summed E-state index contributed by atoms with van der Waals surface area (Å²) in [5.41, 5.74) is 1.28. The smallest absolute Gasteiger partial charge is 0.337 e. The van der Waals surface area contributed by atoms with Gasteiger partial charge in [-0.1, -0.05) is 24.3 Å². The van der Waals surface area contributed by atoms with Crippen molar-refractivity contribution < 1.29 is 9.90 Å². The molecule has 2 aromatic rings. The van der Waals surface area contributed by atoms with Gasteiger partial charge in [0, 0.05) is 4.88 Å². The maximum absolute atomic E-state index is 11.3. The summed E-state index contributed by atoms with van der Waals surface area (Å²) < 4.78 is 0. The highest BCUT2D eigenvalue weighted by molar-refractivity contribution is 7.11. The summed E-state index contributed by atoms with van der Waals surface area (Å²) in [4.78, 5) is 11.9. The molecule has 4 heteroatoms. The van der Waals surface area contributed by atoms with Crippen LogP contribution in [0.5, 0.6) is 0 Å². The molecule has 0 aliphatic rings. The van der Waals surface area contributed by atoms with E-state index in [4.69, 9.17) is 5.26 Å². The lowest BCUT2D eigenvalue weighted by atomic mass is 10.0. The quantitative estimate of drug-likeness (QED) is 0.856. The van der Waals surface area contributed by atoms with Gasteiger partial charge in [0.15, 0.2) is 0 Å². The third kappa shape index (κ3) is 2.47. The number of benzene rings is 1. The molecule has 0 saturated carbocycles. The summed E-state index contributed by atoms with van der Waals surface area (Å²) in [5, 5.41) is 20.0. The van der Waals surface area contributed by atoms with Gasteiger partial charge in [-0.15, -0.1) is 11.3 Å². The number of nitrogens with zero attached hydrogens (tertiary/aromatic N) is 1. The van der Waals surface area contributed by atoms with Crippen LogP contribution in [0.1, 0.15) is 16.0 Å². The second kappa shape index (κ2) is 5.30. The van der Waals surface area contributed by atoms with Crippen molar-refractivity contribution in [1.82, 2.24) is 0 Å². The molecule has 0 fully saturated rings. The van der Waals surface area contributed by atoms with E-state index in [1.165, 1.54) is 17.4 Å². The highest BCUT2D eigenvalue weighted by Crippen LogP contribution is 2.24. The van der Waals surface area contributed by atoms with Crippen LogP contribution in [0.2, 0.25) is 0 Å². The summed E-state index contributed by atoms with van der Waals surface area (Å²) in [6.45, 7) is 0. The van der Waals surface area contributed by atoms with Crippen LogP contribution >= 0.6 is 11.3 Å². The van der Waals surface area contributed by atoms with Gasteiger partial charge in [0.1, 0.15) is 0 Å². The molecule has 0 bridgehead atoms. The van der Waals surface area contributed by atoms with Gasteiger partial charge in [0.05, 0.1) is 17.2 Å². The van der Waals surface area contributed by atoms with Gasteiger partial charge >= 0.3 is 5.97 Å². The first-order valence-electron chi connectivity index (χ1n) is 5.20. The summed E-state index contributed by atoms with van der Waals surface area (Å²) in [5.74, 6) is -0.995. The Morgan fingerprint density at radius 1 is 1.28 bits per heavy atom. The predicted octanol–water partition coefficient (Wildman–Crippen LogP) is 3.24. The predicted molar refractivity (Wildman–Crippen MR) is 71.0 cm³/mol. The molecular formula is C14H9NO2S. The Hall–Kier alpha value is -2.38. The summed E-state index contributed by atoms with van der Waals surface area (Å²) >= 11 is 1.36. The first-order chi connectivity index (χ1) is 8.72. The molecule has 0 saturated heterocycles. The first-order valence-corrected chi connectivity index (χ1v) is 6.08. The molecule has 0 amide bonds. The zero-order valence-electron chi connectivity index (χ0n) is 9.33. The highest BCUT2D eigenvalue weighted by Gasteiger charge is 2.12. The van der Waals surface area contributed by atoms with Gasteiger partial charge in [-0.25, -0.2) is 4.79 Å². The van der Waals surface area contributed by atoms with Gasteiger partial charge < -0.3 is 5.11 Å². The molecule has 0 unspecified atom stereocenters. The first kappa shape index (κ1) is 12.1. The van der Waals surface area contributed by atoms with Crippen molar-refractivity contribution in [3.05, 3.63) is 57.8 Å². The van der Waals surface area contributed by atoms with Crippen molar-refractivity contribution >= 4 is 29.0 Å². The summed E-state index contributed by atoms with van der Waals surface area (Å²) in [6, 6.07) is 12.5. The molecular weight excluding hydrogens is 246 g/mol. The zero-order chi connectivity index (χ0) is 13.0. The molecule has 18 heavy (non-hydrogen) atoms. The molecule has 2 rings (SSSR count). The Morgan fingerprint density at radius 3 is 2.67 bits per heavy atom. The van der Waals surface area contributed by atoms with Crippen LogP contribution in [0.3, 0.4) is 0 Å². The molecule has 1 aromatic heterocycles. The largest absolute Gasteiger partial charge is 0.478 e. The van der Waals surface area contributed by atoms with Crippen molar-refractivity contribution in [2.45, 2.75) is 0 Å². The van der Waals surface area contributed by atoms with Gasteiger partial charge in [-0.05, 0) is 29.2 Å². The Morgan fingerprint density at radius 2 is 2.06 bits per heavy atom. The molecule has 1 N–H and O–H groups in total. The fourth-order valence-electron chi connectivity index (χ4n) is 1.55. The molecule has 1 heterocycles. The van der Waals surface area contributed by atoms with Crippen LogP contribution < -0.4 is 0 Å². The topological polar surface area (TPSA) is 61.1 Å². The number of aliphatic carboxylic acids is 1. The molecule has 1 aromatic carbocycles. The van der Waals surface area contributed by atoms with Crippen LogP contribution in [0.4, 0.5) is 0 Å². The lowest BCUT2D eigenvalue weighted by molar-refractivity contribution is -0.130. The molecule has 0 spiro atoms. The molecule has 0 atom stereocenters. The van der Waals surface area contributed by atoms with Crippen LogP contribution in [-0.2, 0) is 4.79 Å². The average Bonchev–Trinajstić information content (AvgIpc) is 2.89. The van der Waals surface area contributed by atoms with E-state index in [-0.39, 0.29) is 5.57 Å². The van der Waals surface area contributed by atoms with E-state index >= 15 is 0 Å². The van der Waals surface area contributed by atoms with Gasteiger partial charge in [0.25, 0.3) is 0 Å². The zero-order valence-corrected chi connectivity index (χ0v) is 10.1. The maximum Gasteiger partial charge on any atom is 0.337 e. The van der Waals surface area contributed by atoms with E-state index in [0.29, 0.717) is 16.0 Å². The van der Waals surface area contributed by atoms with Crippen molar-refractivity contribution in [1.29, 1.82) is 5.26 Å². The fourth-order valence-corrected chi connectivity index (χ4v) is 2.28.